The highest BCUT2D eigenvalue weighted by Crippen LogP contribution is 2.64. The van der Waals surface area contributed by atoms with Crippen molar-refractivity contribution in [2.75, 3.05) is 0 Å². The first-order chi connectivity index (χ1) is 12.5. The van der Waals surface area contributed by atoms with Crippen LogP contribution in [0.2, 0.25) is 0 Å². The van der Waals surface area contributed by atoms with E-state index in [-0.39, 0.29) is 17.1 Å². The molecule has 0 aliphatic heterocycles. The molecule has 0 unspecified atom stereocenters. The molecular formula is C22H32O5. The third-order valence-corrected chi connectivity index (χ3v) is 7.59. The van der Waals surface area contributed by atoms with Crippen LogP contribution in [0, 0.1) is 16.7 Å². The van der Waals surface area contributed by atoms with Gasteiger partial charge in [0, 0.05) is 18.8 Å². The third kappa shape index (κ3) is 2.95. The summed E-state index contributed by atoms with van der Waals surface area (Å²) in [5.74, 6) is -0.668. The van der Waals surface area contributed by atoms with Crippen molar-refractivity contribution in [1.82, 2.24) is 0 Å². The first-order valence-corrected chi connectivity index (χ1v) is 9.93. The maximum atomic E-state index is 13.3. The highest BCUT2D eigenvalue weighted by atomic mass is 16.6. The molecule has 3 rings (SSSR count). The summed E-state index contributed by atoms with van der Waals surface area (Å²) < 4.78 is 10.8. The number of fused-ring (bicyclic) bond motifs is 1. The van der Waals surface area contributed by atoms with E-state index < -0.39 is 22.6 Å². The quantitative estimate of drug-likeness (QED) is 0.802. The van der Waals surface area contributed by atoms with Crippen molar-refractivity contribution >= 4 is 11.8 Å². The van der Waals surface area contributed by atoms with Gasteiger partial charge in [0.1, 0.15) is 5.60 Å². The number of Topliss-reactive ketones (excluding diaryl/α,β-unsaturated/α-hetero) is 1. The Labute approximate surface area is 161 Å². The monoisotopic (exact) mass is 376 g/mol. The average Bonchev–Trinajstić information content (AvgIpc) is 3.07. The summed E-state index contributed by atoms with van der Waals surface area (Å²) in [6.45, 7) is 9.37. The Morgan fingerprint density at radius 2 is 2.00 bits per heavy atom. The van der Waals surface area contributed by atoms with Crippen molar-refractivity contribution in [1.29, 1.82) is 0 Å². The third-order valence-electron chi connectivity index (χ3n) is 7.59. The summed E-state index contributed by atoms with van der Waals surface area (Å²) >= 11 is 0. The second-order valence-corrected chi connectivity index (χ2v) is 9.56. The topological polar surface area (TPSA) is 76.7 Å². The zero-order chi connectivity index (χ0) is 20.1. The number of ketones is 1. The lowest BCUT2D eigenvalue weighted by Gasteiger charge is -2.64. The Morgan fingerprint density at radius 3 is 2.59 bits per heavy atom. The molecule has 0 bridgehead atoms. The van der Waals surface area contributed by atoms with Gasteiger partial charge in [-0.2, -0.15) is 0 Å². The molecule has 2 aliphatic rings. The molecule has 0 radical (unpaired) electrons. The fraction of sp³-hybridized carbons (Fsp3) is 0.727. The van der Waals surface area contributed by atoms with Gasteiger partial charge in [-0.05, 0) is 55.6 Å². The minimum atomic E-state index is -1.54. The predicted octanol–water partition coefficient (Wildman–Crippen LogP) is 4.07. The van der Waals surface area contributed by atoms with Gasteiger partial charge in [0.25, 0.3) is 0 Å². The van der Waals surface area contributed by atoms with Gasteiger partial charge in [-0.25, -0.2) is 0 Å². The molecule has 2 aliphatic carbocycles. The Bertz CT molecular complexity index is 721. The summed E-state index contributed by atoms with van der Waals surface area (Å²) in [4.78, 5) is 25.1. The van der Waals surface area contributed by atoms with Gasteiger partial charge in [0.2, 0.25) is 0 Å². The van der Waals surface area contributed by atoms with Crippen LogP contribution < -0.4 is 0 Å². The number of hydrogen-bond donors (Lipinski definition) is 1. The van der Waals surface area contributed by atoms with E-state index in [9.17, 15) is 14.7 Å². The number of furan rings is 1. The number of aliphatic hydroxyl groups is 1. The van der Waals surface area contributed by atoms with E-state index in [1.807, 2.05) is 6.07 Å². The second-order valence-electron chi connectivity index (χ2n) is 9.56. The largest absolute Gasteiger partial charge is 0.472 e. The summed E-state index contributed by atoms with van der Waals surface area (Å²) in [5, 5.41) is 12.2. The zero-order valence-electron chi connectivity index (χ0n) is 17.1. The first kappa shape index (κ1) is 20.1. The summed E-state index contributed by atoms with van der Waals surface area (Å²) in [5.41, 5.74) is -2.59. The van der Waals surface area contributed by atoms with Crippen molar-refractivity contribution in [3.05, 3.63) is 24.2 Å². The zero-order valence-corrected chi connectivity index (χ0v) is 17.1. The van der Waals surface area contributed by atoms with Gasteiger partial charge < -0.3 is 14.3 Å². The van der Waals surface area contributed by atoms with Crippen LogP contribution >= 0.6 is 0 Å². The summed E-state index contributed by atoms with van der Waals surface area (Å²) in [6, 6.07) is 1.86. The molecule has 0 amide bonds. The SMILES string of the molecule is CC(=O)O[C@]1(C)C(=O)C[C@@H]2C(C)(C)CCC[C@]2(C)[C@@]1(O)CCc1ccoc1. The molecule has 4 atom stereocenters. The normalized spacial score (nSPS) is 38.3. The Kier molecular flexibility index (Phi) is 4.82. The molecule has 5 heteroatoms. The van der Waals surface area contributed by atoms with Gasteiger partial charge in [-0.15, -0.1) is 0 Å². The Morgan fingerprint density at radius 1 is 1.30 bits per heavy atom. The maximum Gasteiger partial charge on any atom is 0.303 e. The van der Waals surface area contributed by atoms with Gasteiger partial charge in [0.15, 0.2) is 11.4 Å². The van der Waals surface area contributed by atoms with E-state index in [0.29, 0.717) is 19.3 Å². The lowest BCUT2D eigenvalue weighted by molar-refractivity contribution is -0.264. The fourth-order valence-electron chi connectivity index (χ4n) is 5.99. The Hall–Kier alpha value is -1.62. The predicted molar refractivity (Wildman–Crippen MR) is 101 cm³/mol. The van der Waals surface area contributed by atoms with Gasteiger partial charge >= 0.3 is 5.97 Å². The van der Waals surface area contributed by atoms with Gasteiger partial charge in [-0.3, -0.25) is 9.59 Å². The average molecular weight is 376 g/mol. The second kappa shape index (κ2) is 6.47. The van der Waals surface area contributed by atoms with Crippen LogP contribution in [0.15, 0.2) is 23.0 Å². The Balaban J connectivity index is 2.09. The number of hydrogen-bond acceptors (Lipinski definition) is 5. The number of carbonyl (C=O) groups excluding carboxylic acids is 2. The highest BCUT2D eigenvalue weighted by Gasteiger charge is 2.71. The fourth-order valence-corrected chi connectivity index (χ4v) is 5.99. The number of ether oxygens (including phenoxy) is 1. The van der Waals surface area contributed by atoms with Crippen LogP contribution in [0.25, 0.3) is 0 Å². The molecule has 0 aromatic carbocycles. The van der Waals surface area contributed by atoms with E-state index in [4.69, 9.17) is 9.15 Å². The standard InChI is InChI=1S/C22H32O5/c1-15(23)27-21(5)18(24)13-17-19(2,3)9-6-10-20(17,4)22(21,25)11-7-16-8-12-26-14-16/h8,12,14,17,25H,6-7,9-11,13H2,1-5H3/t17-,20+,21-,22+/m1/s1. The first-order valence-electron chi connectivity index (χ1n) is 9.93. The number of carbonyl (C=O) groups is 2. The van der Waals surface area contributed by atoms with E-state index in [1.54, 1.807) is 19.5 Å². The van der Waals surface area contributed by atoms with E-state index in [1.165, 1.54) is 6.92 Å². The van der Waals surface area contributed by atoms with Crippen molar-refractivity contribution in [3.8, 4) is 0 Å². The van der Waals surface area contributed by atoms with Crippen LogP contribution in [0.4, 0.5) is 0 Å². The van der Waals surface area contributed by atoms with Crippen LogP contribution in [-0.2, 0) is 20.7 Å². The van der Waals surface area contributed by atoms with Gasteiger partial charge in [-0.1, -0.05) is 27.2 Å². The molecule has 1 aromatic heterocycles. The van der Waals surface area contributed by atoms with E-state index in [0.717, 1.165) is 24.8 Å². The van der Waals surface area contributed by atoms with E-state index >= 15 is 0 Å². The van der Waals surface area contributed by atoms with Gasteiger partial charge in [0.05, 0.1) is 12.5 Å². The maximum absolute atomic E-state index is 13.3. The van der Waals surface area contributed by atoms with Crippen molar-refractivity contribution in [2.24, 2.45) is 16.7 Å². The van der Waals surface area contributed by atoms with Crippen LogP contribution in [0.3, 0.4) is 0 Å². The molecule has 1 N–H and O–H groups in total. The molecule has 2 fully saturated rings. The van der Waals surface area contributed by atoms with Crippen LogP contribution in [0.5, 0.6) is 0 Å². The molecule has 1 aromatic rings. The molecule has 27 heavy (non-hydrogen) atoms. The molecule has 1 heterocycles. The molecule has 5 nitrogen and oxygen atoms in total. The van der Waals surface area contributed by atoms with E-state index in [2.05, 4.69) is 20.8 Å². The molecule has 150 valence electrons. The summed E-state index contributed by atoms with van der Waals surface area (Å²) in [6.07, 6.45) is 7.31. The highest BCUT2D eigenvalue weighted by molar-refractivity contribution is 5.92. The minimum Gasteiger partial charge on any atom is -0.472 e. The van der Waals surface area contributed by atoms with Crippen molar-refractivity contribution in [2.45, 2.75) is 84.3 Å². The number of esters is 1. The lowest BCUT2D eigenvalue weighted by Crippen LogP contribution is -2.74. The van der Waals surface area contributed by atoms with Crippen molar-refractivity contribution in [3.63, 3.8) is 0 Å². The molecule has 2 saturated carbocycles. The lowest BCUT2D eigenvalue weighted by atomic mass is 9.42. The molecule has 0 spiro atoms. The molecular weight excluding hydrogens is 344 g/mol. The van der Waals surface area contributed by atoms with Crippen molar-refractivity contribution < 1.29 is 23.8 Å². The van der Waals surface area contributed by atoms with Crippen LogP contribution in [0.1, 0.15) is 72.3 Å². The minimum absolute atomic E-state index is 0.0456. The summed E-state index contributed by atoms with van der Waals surface area (Å²) in [7, 11) is 0. The number of rotatable bonds is 4. The smallest absolute Gasteiger partial charge is 0.303 e. The number of aryl methyl sites for hydroxylation is 1. The molecule has 0 saturated heterocycles. The van der Waals surface area contributed by atoms with Crippen LogP contribution in [-0.4, -0.2) is 28.1 Å².